The summed E-state index contributed by atoms with van der Waals surface area (Å²) in [6.07, 6.45) is 5.57. The van der Waals surface area contributed by atoms with Crippen molar-refractivity contribution in [3.05, 3.63) is 41.4 Å². The molecule has 1 saturated heterocycles. The van der Waals surface area contributed by atoms with Crippen LogP contribution >= 0.6 is 0 Å². The number of nitrogens with zero attached hydrogens (tertiary/aromatic N) is 3. The van der Waals surface area contributed by atoms with Crippen LogP contribution in [0.5, 0.6) is 0 Å². The molecule has 140 valence electrons. The van der Waals surface area contributed by atoms with Crippen LogP contribution < -0.4 is 10.2 Å². The molecule has 1 unspecified atom stereocenters. The summed E-state index contributed by atoms with van der Waals surface area (Å²) >= 11 is 0. The average Bonchev–Trinajstić information content (AvgIpc) is 3.14. The van der Waals surface area contributed by atoms with E-state index in [0.29, 0.717) is 23.8 Å². The first-order valence-corrected chi connectivity index (χ1v) is 9.24. The minimum atomic E-state index is -0.190. The Balaban J connectivity index is 1.54. The Labute approximate surface area is 153 Å². The van der Waals surface area contributed by atoms with E-state index < -0.39 is 0 Å². The maximum atomic E-state index is 12.3. The minimum Gasteiger partial charge on any atom is -0.396 e. The van der Waals surface area contributed by atoms with Gasteiger partial charge in [-0.3, -0.25) is 4.79 Å². The van der Waals surface area contributed by atoms with E-state index in [2.05, 4.69) is 27.3 Å². The quantitative estimate of drug-likeness (QED) is 0.788. The van der Waals surface area contributed by atoms with Crippen molar-refractivity contribution >= 4 is 11.7 Å². The smallest absolute Gasteiger partial charge is 0.253 e. The number of anilines is 1. The number of amides is 1. The van der Waals surface area contributed by atoms with Crippen molar-refractivity contribution < 1.29 is 14.4 Å². The summed E-state index contributed by atoms with van der Waals surface area (Å²) in [4.78, 5) is 18.9. The summed E-state index contributed by atoms with van der Waals surface area (Å²) < 4.78 is 5.22. The number of aliphatic hydroxyl groups excluding tert-OH is 1. The molecule has 0 radical (unpaired) electrons. The van der Waals surface area contributed by atoms with Gasteiger partial charge in [0.05, 0.1) is 17.8 Å². The number of piperidine rings is 1. The third-order valence-electron chi connectivity index (χ3n) is 4.65. The molecule has 3 rings (SSSR count). The van der Waals surface area contributed by atoms with E-state index in [1.165, 1.54) is 0 Å². The number of hydrogen-bond donors (Lipinski definition) is 2. The standard InChI is InChI=1S/C19H26N4O3/c1-2-4-16-9-17(26-22-16)11-21-19(25)15-6-7-18(20-10-15)23-8-3-5-14(12-23)13-24/h6-7,9-10,14,24H,2-5,8,11-13H2,1H3,(H,21,25). The molecule has 1 amide bonds. The van der Waals surface area contributed by atoms with E-state index in [1.54, 1.807) is 12.3 Å². The maximum Gasteiger partial charge on any atom is 0.253 e. The monoisotopic (exact) mass is 358 g/mol. The lowest BCUT2D eigenvalue weighted by Crippen LogP contribution is -2.37. The number of aryl methyl sites for hydroxylation is 1. The van der Waals surface area contributed by atoms with Crippen molar-refractivity contribution in [3.63, 3.8) is 0 Å². The van der Waals surface area contributed by atoms with Gasteiger partial charge in [0.25, 0.3) is 5.91 Å². The second kappa shape index (κ2) is 8.80. The molecule has 7 nitrogen and oxygen atoms in total. The molecule has 0 saturated carbocycles. The molecule has 1 fully saturated rings. The Hall–Kier alpha value is -2.41. The molecule has 26 heavy (non-hydrogen) atoms. The van der Waals surface area contributed by atoms with E-state index in [-0.39, 0.29) is 12.5 Å². The fourth-order valence-electron chi connectivity index (χ4n) is 3.21. The van der Waals surface area contributed by atoms with Crippen LogP contribution in [0.25, 0.3) is 0 Å². The lowest BCUT2D eigenvalue weighted by Gasteiger charge is -2.32. The van der Waals surface area contributed by atoms with Gasteiger partial charge in [-0.15, -0.1) is 0 Å². The highest BCUT2D eigenvalue weighted by molar-refractivity contribution is 5.93. The summed E-state index contributed by atoms with van der Waals surface area (Å²) in [6.45, 7) is 4.34. The largest absolute Gasteiger partial charge is 0.396 e. The molecular weight excluding hydrogens is 332 g/mol. The minimum absolute atomic E-state index is 0.190. The average molecular weight is 358 g/mol. The highest BCUT2D eigenvalue weighted by Crippen LogP contribution is 2.21. The molecule has 7 heteroatoms. The maximum absolute atomic E-state index is 12.3. The highest BCUT2D eigenvalue weighted by atomic mass is 16.5. The second-order valence-electron chi connectivity index (χ2n) is 6.76. The number of carbonyl (C=O) groups excluding carboxylic acids is 1. The van der Waals surface area contributed by atoms with Crippen LogP contribution in [0.4, 0.5) is 5.82 Å². The van der Waals surface area contributed by atoms with Crippen LogP contribution in [0.15, 0.2) is 28.9 Å². The van der Waals surface area contributed by atoms with Crippen LogP contribution in [-0.4, -0.2) is 40.9 Å². The molecule has 0 aromatic carbocycles. The van der Waals surface area contributed by atoms with Crippen molar-refractivity contribution in [3.8, 4) is 0 Å². The van der Waals surface area contributed by atoms with Gasteiger partial charge in [-0.05, 0) is 37.3 Å². The number of hydrogen-bond acceptors (Lipinski definition) is 6. The first-order chi connectivity index (χ1) is 12.7. The molecule has 3 heterocycles. The van der Waals surface area contributed by atoms with Crippen LogP contribution in [0.3, 0.4) is 0 Å². The Morgan fingerprint density at radius 1 is 1.46 bits per heavy atom. The van der Waals surface area contributed by atoms with Gasteiger partial charge in [-0.25, -0.2) is 4.98 Å². The van der Waals surface area contributed by atoms with Gasteiger partial charge < -0.3 is 19.8 Å². The van der Waals surface area contributed by atoms with Crippen molar-refractivity contribution in [2.24, 2.45) is 5.92 Å². The zero-order valence-electron chi connectivity index (χ0n) is 15.1. The lowest BCUT2D eigenvalue weighted by molar-refractivity contribution is 0.0946. The van der Waals surface area contributed by atoms with Crippen LogP contribution in [0.1, 0.15) is 48.0 Å². The third-order valence-corrected chi connectivity index (χ3v) is 4.65. The topological polar surface area (TPSA) is 91.5 Å². The summed E-state index contributed by atoms with van der Waals surface area (Å²) in [6, 6.07) is 5.52. The molecular formula is C19H26N4O3. The van der Waals surface area contributed by atoms with Crippen molar-refractivity contribution in [2.45, 2.75) is 39.2 Å². The van der Waals surface area contributed by atoms with E-state index in [4.69, 9.17) is 4.52 Å². The SMILES string of the molecule is CCCc1cc(CNC(=O)c2ccc(N3CCCC(CO)C3)nc2)on1. The number of aromatic nitrogens is 2. The summed E-state index contributed by atoms with van der Waals surface area (Å²) in [5.74, 6) is 1.60. The van der Waals surface area contributed by atoms with Gasteiger partial charge in [0, 0.05) is 32.0 Å². The summed E-state index contributed by atoms with van der Waals surface area (Å²) in [7, 11) is 0. The Kier molecular flexibility index (Phi) is 6.22. The van der Waals surface area contributed by atoms with Gasteiger partial charge in [0.2, 0.25) is 0 Å². The molecule has 2 aromatic rings. The Morgan fingerprint density at radius 3 is 3.08 bits per heavy atom. The first kappa shape index (κ1) is 18.4. The first-order valence-electron chi connectivity index (χ1n) is 9.24. The van der Waals surface area contributed by atoms with Gasteiger partial charge in [0.15, 0.2) is 5.76 Å². The van der Waals surface area contributed by atoms with E-state index in [1.807, 2.05) is 12.1 Å². The fraction of sp³-hybridized carbons (Fsp3) is 0.526. The number of carbonyl (C=O) groups is 1. The van der Waals surface area contributed by atoms with E-state index >= 15 is 0 Å². The predicted octanol–water partition coefficient (Wildman–Crippen LogP) is 2.16. The normalized spacial score (nSPS) is 17.3. The van der Waals surface area contributed by atoms with Crippen molar-refractivity contribution in [2.75, 3.05) is 24.6 Å². The Morgan fingerprint density at radius 2 is 2.35 bits per heavy atom. The van der Waals surface area contributed by atoms with Crippen LogP contribution in [0, 0.1) is 5.92 Å². The number of pyridine rings is 1. The summed E-state index contributed by atoms with van der Waals surface area (Å²) in [5, 5.41) is 16.1. The lowest BCUT2D eigenvalue weighted by atomic mass is 9.99. The Bertz CT molecular complexity index is 714. The second-order valence-corrected chi connectivity index (χ2v) is 6.76. The van der Waals surface area contributed by atoms with Gasteiger partial charge >= 0.3 is 0 Å². The zero-order valence-corrected chi connectivity index (χ0v) is 15.1. The van der Waals surface area contributed by atoms with Crippen molar-refractivity contribution in [1.82, 2.24) is 15.5 Å². The van der Waals surface area contributed by atoms with E-state index in [9.17, 15) is 9.90 Å². The van der Waals surface area contributed by atoms with E-state index in [0.717, 1.165) is 50.3 Å². The number of nitrogens with one attached hydrogen (secondary N) is 1. The molecule has 1 aliphatic heterocycles. The predicted molar refractivity (Wildman–Crippen MR) is 97.9 cm³/mol. The van der Waals surface area contributed by atoms with Gasteiger partial charge in [-0.1, -0.05) is 18.5 Å². The van der Waals surface area contributed by atoms with Crippen molar-refractivity contribution in [1.29, 1.82) is 0 Å². The number of rotatable bonds is 7. The molecule has 2 aromatic heterocycles. The molecule has 0 bridgehead atoms. The van der Waals surface area contributed by atoms with Gasteiger partial charge in [0.1, 0.15) is 5.82 Å². The fourth-order valence-corrected chi connectivity index (χ4v) is 3.21. The molecule has 0 spiro atoms. The molecule has 2 N–H and O–H groups in total. The van der Waals surface area contributed by atoms with Crippen LogP contribution in [-0.2, 0) is 13.0 Å². The molecule has 1 atom stereocenters. The zero-order chi connectivity index (χ0) is 18.4. The highest BCUT2D eigenvalue weighted by Gasteiger charge is 2.20. The molecule has 1 aliphatic rings. The summed E-state index contributed by atoms with van der Waals surface area (Å²) in [5.41, 5.74) is 1.42. The van der Waals surface area contributed by atoms with Gasteiger partial charge in [-0.2, -0.15) is 0 Å². The number of aliphatic hydroxyl groups is 1. The van der Waals surface area contributed by atoms with Crippen LogP contribution in [0.2, 0.25) is 0 Å². The third kappa shape index (κ3) is 4.60. The molecule has 0 aliphatic carbocycles.